The first-order valence-corrected chi connectivity index (χ1v) is 8.43. The highest BCUT2D eigenvalue weighted by Gasteiger charge is 2.21. The highest BCUT2D eigenvalue weighted by atomic mass is 79.9. The molecule has 1 heterocycles. The summed E-state index contributed by atoms with van der Waals surface area (Å²) < 4.78 is 6.96. The van der Waals surface area contributed by atoms with Crippen molar-refractivity contribution in [2.45, 2.75) is 38.1 Å². The van der Waals surface area contributed by atoms with Crippen molar-refractivity contribution in [2.75, 3.05) is 13.2 Å². The average molecular weight is 336 g/mol. The molecule has 1 aliphatic heterocycles. The summed E-state index contributed by atoms with van der Waals surface area (Å²) in [5, 5.41) is 3.78. The number of hydrogen-bond donors (Lipinski definition) is 1. The fourth-order valence-electron chi connectivity index (χ4n) is 3.11. The SMILES string of the molecule is Brc1ccc2c(c1)OCCCC2NCC1CC=CCC1. The van der Waals surface area contributed by atoms with Gasteiger partial charge in [0.15, 0.2) is 0 Å². The summed E-state index contributed by atoms with van der Waals surface area (Å²) >= 11 is 3.53. The van der Waals surface area contributed by atoms with E-state index in [-0.39, 0.29) is 0 Å². The third-order valence-corrected chi connectivity index (χ3v) is 4.77. The van der Waals surface area contributed by atoms with E-state index in [1.54, 1.807) is 0 Å². The van der Waals surface area contributed by atoms with Crippen LogP contribution in [0, 0.1) is 5.92 Å². The minimum absolute atomic E-state index is 0.437. The van der Waals surface area contributed by atoms with Gasteiger partial charge in [-0.05, 0) is 56.7 Å². The van der Waals surface area contributed by atoms with Gasteiger partial charge in [-0.2, -0.15) is 0 Å². The van der Waals surface area contributed by atoms with Crippen LogP contribution in [0.2, 0.25) is 0 Å². The molecule has 108 valence electrons. The Bertz CT molecular complexity index is 486. The predicted molar refractivity (Wildman–Crippen MR) is 86.1 cm³/mol. The normalized spacial score (nSPS) is 25.6. The van der Waals surface area contributed by atoms with Crippen LogP contribution in [0.3, 0.4) is 0 Å². The first kappa shape index (κ1) is 14.2. The number of hydrogen-bond acceptors (Lipinski definition) is 2. The topological polar surface area (TPSA) is 21.3 Å². The third-order valence-electron chi connectivity index (χ3n) is 4.28. The number of nitrogens with one attached hydrogen (secondary N) is 1. The van der Waals surface area contributed by atoms with Gasteiger partial charge < -0.3 is 10.1 Å². The Balaban J connectivity index is 1.68. The first-order valence-electron chi connectivity index (χ1n) is 7.63. The van der Waals surface area contributed by atoms with Crippen molar-refractivity contribution >= 4 is 15.9 Å². The van der Waals surface area contributed by atoms with Crippen LogP contribution in [0.1, 0.15) is 43.7 Å². The lowest BCUT2D eigenvalue weighted by Gasteiger charge is -2.23. The van der Waals surface area contributed by atoms with Crippen molar-refractivity contribution in [3.63, 3.8) is 0 Å². The highest BCUT2D eigenvalue weighted by Crippen LogP contribution is 2.34. The number of allylic oxidation sites excluding steroid dienone is 2. The van der Waals surface area contributed by atoms with Gasteiger partial charge in [0, 0.05) is 16.1 Å². The molecular weight excluding hydrogens is 314 g/mol. The second-order valence-electron chi connectivity index (χ2n) is 5.78. The molecule has 3 rings (SSSR count). The number of halogens is 1. The Kier molecular flexibility index (Phi) is 4.79. The highest BCUT2D eigenvalue weighted by molar-refractivity contribution is 9.10. The smallest absolute Gasteiger partial charge is 0.125 e. The maximum absolute atomic E-state index is 5.87. The van der Waals surface area contributed by atoms with Crippen LogP contribution in [0.5, 0.6) is 5.75 Å². The van der Waals surface area contributed by atoms with Crippen LogP contribution in [0.4, 0.5) is 0 Å². The van der Waals surface area contributed by atoms with Gasteiger partial charge in [-0.1, -0.05) is 34.1 Å². The van der Waals surface area contributed by atoms with E-state index in [2.05, 4.69) is 51.6 Å². The second kappa shape index (κ2) is 6.77. The van der Waals surface area contributed by atoms with Gasteiger partial charge in [0.25, 0.3) is 0 Å². The maximum atomic E-state index is 5.87. The van der Waals surface area contributed by atoms with E-state index in [4.69, 9.17) is 4.74 Å². The molecule has 0 spiro atoms. The van der Waals surface area contributed by atoms with Gasteiger partial charge in [0.05, 0.1) is 6.61 Å². The van der Waals surface area contributed by atoms with Crippen molar-refractivity contribution in [3.8, 4) is 5.75 Å². The summed E-state index contributed by atoms with van der Waals surface area (Å²) in [7, 11) is 0. The predicted octanol–water partition coefficient (Wildman–Crippen LogP) is 4.61. The van der Waals surface area contributed by atoms with Crippen LogP contribution < -0.4 is 10.1 Å². The van der Waals surface area contributed by atoms with E-state index < -0.39 is 0 Å². The molecule has 0 fully saturated rings. The van der Waals surface area contributed by atoms with E-state index in [9.17, 15) is 0 Å². The molecule has 2 atom stereocenters. The monoisotopic (exact) mass is 335 g/mol. The van der Waals surface area contributed by atoms with Crippen LogP contribution >= 0.6 is 15.9 Å². The zero-order valence-corrected chi connectivity index (χ0v) is 13.4. The number of fused-ring (bicyclic) bond motifs is 1. The van der Waals surface area contributed by atoms with Gasteiger partial charge in [-0.3, -0.25) is 0 Å². The zero-order valence-electron chi connectivity index (χ0n) is 11.8. The summed E-state index contributed by atoms with van der Waals surface area (Å²) in [4.78, 5) is 0. The average Bonchev–Trinajstić information content (AvgIpc) is 2.68. The molecule has 3 heteroatoms. The van der Waals surface area contributed by atoms with Crippen molar-refractivity contribution in [2.24, 2.45) is 5.92 Å². The number of benzene rings is 1. The maximum Gasteiger partial charge on any atom is 0.125 e. The minimum atomic E-state index is 0.437. The summed E-state index contributed by atoms with van der Waals surface area (Å²) in [6.45, 7) is 1.94. The van der Waals surface area contributed by atoms with Crippen molar-refractivity contribution in [3.05, 3.63) is 40.4 Å². The second-order valence-corrected chi connectivity index (χ2v) is 6.70. The standard InChI is InChI=1S/C17H22BrNO/c18-14-8-9-15-16(7-4-10-20-17(15)11-14)19-12-13-5-2-1-3-6-13/h1-2,8-9,11,13,16,19H,3-7,10,12H2. The summed E-state index contributed by atoms with van der Waals surface area (Å²) in [5.41, 5.74) is 1.32. The Morgan fingerprint density at radius 1 is 1.25 bits per heavy atom. The van der Waals surface area contributed by atoms with Crippen molar-refractivity contribution in [1.82, 2.24) is 5.32 Å². The fourth-order valence-corrected chi connectivity index (χ4v) is 3.45. The quantitative estimate of drug-likeness (QED) is 0.814. The van der Waals surface area contributed by atoms with E-state index >= 15 is 0 Å². The van der Waals surface area contributed by atoms with E-state index in [0.29, 0.717) is 6.04 Å². The zero-order chi connectivity index (χ0) is 13.8. The van der Waals surface area contributed by atoms with Gasteiger partial charge >= 0.3 is 0 Å². The Morgan fingerprint density at radius 3 is 3.05 bits per heavy atom. The van der Waals surface area contributed by atoms with Crippen molar-refractivity contribution < 1.29 is 4.74 Å². The molecule has 1 aromatic rings. The molecule has 0 saturated heterocycles. The van der Waals surface area contributed by atoms with Gasteiger partial charge in [-0.25, -0.2) is 0 Å². The number of rotatable bonds is 3. The number of ether oxygens (including phenoxy) is 1. The van der Waals surface area contributed by atoms with E-state index in [1.807, 2.05) is 0 Å². The van der Waals surface area contributed by atoms with Gasteiger partial charge in [0.2, 0.25) is 0 Å². The summed E-state index contributed by atoms with van der Waals surface area (Å²) in [5.74, 6) is 1.83. The minimum Gasteiger partial charge on any atom is -0.493 e. The van der Waals surface area contributed by atoms with Crippen LogP contribution in [-0.4, -0.2) is 13.2 Å². The molecule has 0 bridgehead atoms. The molecule has 1 N–H and O–H groups in total. The molecule has 1 aromatic carbocycles. The third kappa shape index (κ3) is 3.44. The lowest BCUT2D eigenvalue weighted by atomic mass is 9.93. The molecule has 0 saturated carbocycles. The molecule has 1 aliphatic carbocycles. The van der Waals surface area contributed by atoms with E-state index in [0.717, 1.165) is 42.1 Å². The molecule has 2 aliphatic rings. The molecule has 2 nitrogen and oxygen atoms in total. The van der Waals surface area contributed by atoms with Crippen LogP contribution in [0.25, 0.3) is 0 Å². The summed E-state index contributed by atoms with van der Waals surface area (Å²) in [6.07, 6.45) is 10.7. The lowest BCUT2D eigenvalue weighted by molar-refractivity contribution is 0.314. The van der Waals surface area contributed by atoms with Crippen LogP contribution in [-0.2, 0) is 0 Å². The Labute approximate surface area is 129 Å². The van der Waals surface area contributed by atoms with E-state index in [1.165, 1.54) is 24.8 Å². The molecule has 0 amide bonds. The van der Waals surface area contributed by atoms with Gasteiger partial charge in [0.1, 0.15) is 5.75 Å². The Hall–Kier alpha value is -0.800. The molecular formula is C17H22BrNO. The first-order chi connectivity index (χ1) is 9.83. The Morgan fingerprint density at radius 2 is 2.20 bits per heavy atom. The molecule has 20 heavy (non-hydrogen) atoms. The molecule has 0 radical (unpaired) electrons. The molecule has 2 unspecified atom stereocenters. The molecule has 0 aromatic heterocycles. The van der Waals surface area contributed by atoms with Crippen molar-refractivity contribution in [1.29, 1.82) is 0 Å². The summed E-state index contributed by atoms with van der Waals surface area (Å²) in [6, 6.07) is 6.85. The van der Waals surface area contributed by atoms with Crippen LogP contribution in [0.15, 0.2) is 34.8 Å². The largest absolute Gasteiger partial charge is 0.493 e. The lowest BCUT2D eigenvalue weighted by Crippen LogP contribution is -2.27. The van der Waals surface area contributed by atoms with Gasteiger partial charge in [-0.15, -0.1) is 0 Å². The fraction of sp³-hybridized carbons (Fsp3) is 0.529.